The number of nitrogens with one attached hydrogen (secondary N) is 1. The number of hydrogen-bond donors (Lipinski definition) is 1. The number of hydrogen-bond acceptors (Lipinski definition) is 1. The summed E-state index contributed by atoms with van der Waals surface area (Å²) < 4.78 is 0. The maximum Gasteiger partial charge on any atom is 0.00142 e. The van der Waals surface area contributed by atoms with E-state index in [1.807, 2.05) is 0 Å². The van der Waals surface area contributed by atoms with Gasteiger partial charge in [-0.1, -0.05) is 6.08 Å². The first kappa shape index (κ1) is 5.48. The SMILES string of the molecule is C=CCC12CNCC1C2. The molecular formula is C8H13N. The second-order valence-corrected chi connectivity index (χ2v) is 3.39. The summed E-state index contributed by atoms with van der Waals surface area (Å²) >= 11 is 0. The summed E-state index contributed by atoms with van der Waals surface area (Å²) in [6, 6.07) is 0. The van der Waals surface area contributed by atoms with Gasteiger partial charge in [-0.2, -0.15) is 0 Å². The summed E-state index contributed by atoms with van der Waals surface area (Å²) in [5.41, 5.74) is 0.682. The monoisotopic (exact) mass is 123 g/mol. The molecule has 1 saturated carbocycles. The molecule has 1 aliphatic carbocycles. The van der Waals surface area contributed by atoms with Gasteiger partial charge >= 0.3 is 0 Å². The summed E-state index contributed by atoms with van der Waals surface area (Å²) in [6.07, 6.45) is 4.74. The lowest BCUT2D eigenvalue weighted by molar-refractivity contribution is 0.524. The van der Waals surface area contributed by atoms with Crippen molar-refractivity contribution in [2.24, 2.45) is 11.3 Å². The first-order chi connectivity index (χ1) is 4.37. The summed E-state index contributed by atoms with van der Waals surface area (Å²) in [7, 11) is 0. The predicted octanol–water partition coefficient (Wildman–Crippen LogP) is 1.17. The molecule has 2 atom stereocenters. The molecule has 50 valence electrons. The molecule has 1 nitrogen and oxygen atoms in total. The van der Waals surface area contributed by atoms with E-state index in [1.54, 1.807) is 0 Å². The fraction of sp³-hybridized carbons (Fsp3) is 0.750. The van der Waals surface area contributed by atoms with E-state index in [0.717, 1.165) is 5.92 Å². The minimum Gasteiger partial charge on any atom is -0.316 e. The Hall–Kier alpha value is -0.300. The van der Waals surface area contributed by atoms with Crippen molar-refractivity contribution >= 4 is 0 Å². The summed E-state index contributed by atoms with van der Waals surface area (Å²) in [5, 5.41) is 3.40. The number of allylic oxidation sites excluding steroid dienone is 1. The molecule has 0 aromatic heterocycles. The number of piperidine rings is 1. The minimum absolute atomic E-state index is 0.682. The van der Waals surface area contributed by atoms with Gasteiger partial charge in [0.25, 0.3) is 0 Å². The van der Waals surface area contributed by atoms with Crippen LogP contribution < -0.4 is 5.32 Å². The summed E-state index contributed by atoms with van der Waals surface area (Å²) in [4.78, 5) is 0. The number of rotatable bonds is 2. The molecule has 1 saturated heterocycles. The van der Waals surface area contributed by atoms with Gasteiger partial charge in [0.2, 0.25) is 0 Å². The third-order valence-electron chi connectivity index (χ3n) is 2.78. The van der Waals surface area contributed by atoms with E-state index >= 15 is 0 Å². The van der Waals surface area contributed by atoms with Gasteiger partial charge in [-0.05, 0) is 30.7 Å². The Morgan fingerprint density at radius 1 is 1.78 bits per heavy atom. The quantitative estimate of drug-likeness (QED) is 0.543. The Labute approximate surface area is 56.1 Å². The third-order valence-corrected chi connectivity index (χ3v) is 2.78. The standard InChI is InChI=1S/C8H13N/c1-2-3-8-4-7(8)5-9-6-8/h2,7,9H,1,3-6H2. The van der Waals surface area contributed by atoms with Crippen LogP contribution in [0, 0.1) is 11.3 Å². The molecule has 0 aromatic rings. The highest BCUT2D eigenvalue weighted by molar-refractivity contribution is 5.11. The van der Waals surface area contributed by atoms with Gasteiger partial charge < -0.3 is 5.32 Å². The molecule has 2 rings (SSSR count). The van der Waals surface area contributed by atoms with E-state index in [0.29, 0.717) is 5.41 Å². The molecule has 1 N–H and O–H groups in total. The maximum absolute atomic E-state index is 3.77. The molecule has 2 unspecified atom stereocenters. The molecule has 0 amide bonds. The van der Waals surface area contributed by atoms with E-state index in [-0.39, 0.29) is 0 Å². The first-order valence-corrected chi connectivity index (χ1v) is 3.69. The first-order valence-electron chi connectivity index (χ1n) is 3.69. The average molecular weight is 123 g/mol. The van der Waals surface area contributed by atoms with Crippen molar-refractivity contribution in [1.29, 1.82) is 0 Å². The molecule has 1 heteroatoms. The van der Waals surface area contributed by atoms with Crippen molar-refractivity contribution < 1.29 is 0 Å². The van der Waals surface area contributed by atoms with Crippen LogP contribution in [0.25, 0.3) is 0 Å². The molecule has 1 heterocycles. The molecule has 9 heavy (non-hydrogen) atoms. The predicted molar refractivity (Wildman–Crippen MR) is 38.2 cm³/mol. The van der Waals surface area contributed by atoms with Crippen LogP contribution in [-0.2, 0) is 0 Å². The van der Waals surface area contributed by atoms with Gasteiger partial charge in [-0.3, -0.25) is 0 Å². The van der Waals surface area contributed by atoms with Crippen molar-refractivity contribution in [2.45, 2.75) is 12.8 Å². The average Bonchev–Trinajstić information content (AvgIpc) is 2.37. The van der Waals surface area contributed by atoms with E-state index < -0.39 is 0 Å². The van der Waals surface area contributed by atoms with Crippen molar-refractivity contribution in [1.82, 2.24) is 5.32 Å². The largest absolute Gasteiger partial charge is 0.316 e. The van der Waals surface area contributed by atoms with Crippen LogP contribution >= 0.6 is 0 Å². The smallest absolute Gasteiger partial charge is 0.00142 e. The highest BCUT2D eigenvalue weighted by atomic mass is 15.0. The van der Waals surface area contributed by atoms with E-state index in [9.17, 15) is 0 Å². The second-order valence-electron chi connectivity index (χ2n) is 3.39. The van der Waals surface area contributed by atoms with E-state index in [2.05, 4.69) is 18.0 Å². The van der Waals surface area contributed by atoms with Crippen molar-refractivity contribution in [3.8, 4) is 0 Å². The Morgan fingerprint density at radius 2 is 2.67 bits per heavy atom. The molecule has 0 aromatic carbocycles. The fourth-order valence-corrected chi connectivity index (χ4v) is 2.04. The van der Waals surface area contributed by atoms with Crippen molar-refractivity contribution in [2.75, 3.05) is 13.1 Å². The topological polar surface area (TPSA) is 12.0 Å². The highest BCUT2D eigenvalue weighted by Gasteiger charge is 2.55. The lowest BCUT2D eigenvalue weighted by atomic mass is 10.0. The Balaban J connectivity index is 2.02. The highest BCUT2D eigenvalue weighted by Crippen LogP contribution is 2.57. The van der Waals surface area contributed by atoms with Crippen LogP contribution in [0.2, 0.25) is 0 Å². The zero-order valence-electron chi connectivity index (χ0n) is 5.69. The Kier molecular flexibility index (Phi) is 0.974. The van der Waals surface area contributed by atoms with Gasteiger partial charge in [0.15, 0.2) is 0 Å². The van der Waals surface area contributed by atoms with Crippen LogP contribution in [0.15, 0.2) is 12.7 Å². The molecule has 0 bridgehead atoms. The summed E-state index contributed by atoms with van der Waals surface area (Å²) in [5.74, 6) is 0.996. The van der Waals surface area contributed by atoms with Gasteiger partial charge in [-0.25, -0.2) is 0 Å². The van der Waals surface area contributed by atoms with Crippen molar-refractivity contribution in [3.63, 3.8) is 0 Å². The number of fused-ring (bicyclic) bond motifs is 1. The third kappa shape index (κ3) is 0.645. The van der Waals surface area contributed by atoms with Crippen LogP contribution in [0.1, 0.15) is 12.8 Å². The molecule has 2 aliphatic rings. The fourth-order valence-electron chi connectivity index (χ4n) is 2.04. The molecule has 0 radical (unpaired) electrons. The molecular weight excluding hydrogens is 110 g/mol. The van der Waals surface area contributed by atoms with E-state index in [1.165, 1.54) is 25.9 Å². The Morgan fingerprint density at radius 3 is 3.11 bits per heavy atom. The van der Waals surface area contributed by atoms with Gasteiger partial charge in [0.1, 0.15) is 0 Å². The molecule has 0 spiro atoms. The normalized spacial score (nSPS) is 46.4. The lowest BCUT2D eigenvalue weighted by Crippen LogP contribution is -2.15. The van der Waals surface area contributed by atoms with Crippen LogP contribution in [0.5, 0.6) is 0 Å². The van der Waals surface area contributed by atoms with Gasteiger partial charge in [0.05, 0.1) is 0 Å². The minimum atomic E-state index is 0.682. The second kappa shape index (κ2) is 1.60. The molecule has 1 aliphatic heterocycles. The van der Waals surface area contributed by atoms with Crippen molar-refractivity contribution in [3.05, 3.63) is 12.7 Å². The zero-order valence-corrected chi connectivity index (χ0v) is 5.69. The van der Waals surface area contributed by atoms with Gasteiger partial charge in [-0.15, -0.1) is 6.58 Å². The maximum atomic E-state index is 3.77. The van der Waals surface area contributed by atoms with Crippen LogP contribution in [-0.4, -0.2) is 13.1 Å². The van der Waals surface area contributed by atoms with Crippen LogP contribution in [0.4, 0.5) is 0 Å². The molecule has 2 fully saturated rings. The zero-order chi connectivity index (χ0) is 6.32. The summed E-state index contributed by atoms with van der Waals surface area (Å²) in [6.45, 7) is 6.27. The lowest BCUT2D eigenvalue weighted by Gasteiger charge is -2.05. The van der Waals surface area contributed by atoms with E-state index in [4.69, 9.17) is 0 Å². The Bertz CT molecular complexity index is 142. The van der Waals surface area contributed by atoms with Crippen LogP contribution in [0.3, 0.4) is 0 Å². The van der Waals surface area contributed by atoms with Gasteiger partial charge in [0, 0.05) is 6.54 Å².